The Labute approximate surface area is 186 Å². The molecule has 3 rings (SSSR count). The molecule has 9 nitrogen and oxygen atoms in total. The number of nitrogens with one attached hydrogen (secondary N) is 2. The van der Waals surface area contributed by atoms with Gasteiger partial charge in [-0.15, -0.1) is 0 Å². The van der Waals surface area contributed by atoms with Crippen LogP contribution in [0.4, 0.5) is 4.79 Å². The number of esters is 1. The first-order valence-corrected chi connectivity index (χ1v) is 11.4. The standard InChI is InChI=1S/C22H24N2O7S/c1-4-31-16-7-5-14(6-8-16)20-19(21(25)30-3)18(23-22(26)24-20)13-32(27,28)17-11-9-15(29-2)10-12-17/h5-12,20H,4,13H2,1-3H3,(H2,23,24,26)/t20-/m1/s1. The number of rotatable bonds is 8. The van der Waals surface area contributed by atoms with Gasteiger partial charge in [-0.1, -0.05) is 12.1 Å². The summed E-state index contributed by atoms with van der Waals surface area (Å²) in [5.74, 6) is -0.215. The molecule has 0 radical (unpaired) electrons. The van der Waals surface area contributed by atoms with Gasteiger partial charge >= 0.3 is 12.0 Å². The average molecular weight is 461 g/mol. The highest BCUT2D eigenvalue weighted by molar-refractivity contribution is 7.91. The van der Waals surface area contributed by atoms with Gasteiger partial charge in [-0.2, -0.15) is 0 Å². The van der Waals surface area contributed by atoms with Gasteiger partial charge in [0.15, 0.2) is 9.84 Å². The highest BCUT2D eigenvalue weighted by Crippen LogP contribution is 2.30. The number of ether oxygens (including phenoxy) is 3. The molecule has 0 bridgehead atoms. The molecule has 1 atom stereocenters. The van der Waals surface area contributed by atoms with E-state index in [0.717, 1.165) is 0 Å². The highest BCUT2D eigenvalue weighted by atomic mass is 32.2. The fourth-order valence-electron chi connectivity index (χ4n) is 3.31. The number of hydrogen-bond acceptors (Lipinski definition) is 7. The van der Waals surface area contributed by atoms with E-state index in [1.54, 1.807) is 24.3 Å². The summed E-state index contributed by atoms with van der Waals surface area (Å²) in [7, 11) is -1.22. The van der Waals surface area contributed by atoms with Gasteiger partial charge in [0.25, 0.3) is 0 Å². The number of carbonyl (C=O) groups is 2. The fourth-order valence-corrected chi connectivity index (χ4v) is 4.64. The molecule has 1 aliphatic rings. The molecule has 0 unspecified atom stereocenters. The topological polar surface area (TPSA) is 120 Å². The first-order valence-electron chi connectivity index (χ1n) is 9.77. The molecule has 0 spiro atoms. The van der Waals surface area contributed by atoms with E-state index in [4.69, 9.17) is 14.2 Å². The van der Waals surface area contributed by atoms with Gasteiger partial charge in [0, 0.05) is 5.70 Å². The second kappa shape index (κ2) is 9.73. The van der Waals surface area contributed by atoms with E-state index in [0.29, 0.717) is 23.7 Å². The summed E-state index contributed by atoms with van der Waals surface area (Å²) in [6.45, 7) is 2.35. The van der Waals surface area contributed by atoms with Crippen molar-refractivity contribution in [3.63, 3.8) is 0 Å². The predicted octanol–water partition coefficient (Wildman–Crippen LogP) is 2.35. The van der Waals surface area contributed by atoms with Crippen molar-refractivity contribution in [3.8, 4) is 11.5 Å². The van der Waals surface area contributed by atoms with Crippen LogP contribution in [-0.2, 0) is 19.4 Å². The van der Waals surface area contributed by atoms with Crippen molar-refractivity contribution >= 4 is 21.8 Å². The fraction of sp³-hybridized carbons (Fsp3) is 0.273. The number of benzene rings is 2. The van der Waals surface area contributed by atoms with Crippen LogP contribution in [0.2, 0.25) is 0 Å². The Morgan fingerprint density at radius 1 is 1.00 bits per heavy atom. The van der Waals surface area contributed by atoms with Crippen LogP contribution in [-0.4, -0.2) is 47.0 Å². The summed E-state index contributed by atoms with van der Waals surface area (Å²) in [4.78, 5) is 25.0. The van der Waals surface area contributed by atoms with E-state index >= 15 is 0 Å². The Morgan fingerprint density at radius 3 is 2.19 bits per heavy atom. The van der Waals surface area contributed by atoms with Gasteiger partial charge in [-0.25, -0.2) is 18.0 Å². The molecule has 2 N–H and O–H groups in total. The van der Waals surface area contributed by atoms with Crippen LogP contribution in [0, 0.1) is 0 Å². The SMILES string of the molecule is CCOc1ccc([C@H]2NC(=O)NC(CS(=O)(=O)c3ccc(OC)cc3)=C2C(=O)OC)cc1. The Bertz CT molecular complexity index is 1120. The molecule has 10 heteroatoms. The normalized spacial score (nSPS) is 16.1. The summed E-state index contributed by atoms with van der Waals surface area (Å²) in [6.07, 6.45) is 0. The number of urea groups is 1. The number of methoxy groups -OCH3 is 2. The highest BCUT2D eigenvalue weighted by Gasteiger charge is 2.35. The zero-order chi connectivity index (χ0) is 23.3. The summed E-state index contributed by atoms with van der Waals surface area (Å²) >= 11 is 0. The minimum Gasteiger partial charge on any atom is -0.497 e. The maximum absolute atomic E-state index is 13.0. The Kier molecular flexibility index (Phi) is 7.04. The van der Waals surface area contributed by atoms with Crippen molar-refractivity contribution < 1.29 is 32.2 Å². The number of amides is 2. The monoisotopic (exact) mass is 460 g/mol. The Morgan fingerprint density at radius 2 is 1.62 bits per heavy atom. The van der Waals surface area contributed by atoms with Gasteiger partial charge in [-0.3, -0.25) is 0 Å². The first kappa shape index (κ1) is 23.1. The molecule has 32 heavy (non-hydrogen) atoms. The summed E-state index contributed by atoms with van der Waals surface area (Å²) in [5.41, 5.74) is 0.534. The van der Waals surface area contributed by atoms with E-state index in [1.807, 2.05) is 6.92 Å². The van der Waals surface area contributed by atoms with E-state index in [2.05, 4.69) is 10.6 Å². The molecule has 1 heterocycles. The Balaban J connectivity index is 2.02. The molecule has 0 saturated carbocycles. The lowest BCUT2D eigenvalue weighted by molar-refractivity contribution is -0.136. The zero-order valence-electron chi connectivity index (χ0n) is 17.9. The van der Waals surface area contributed by atoms with Gasteiger partial charge in [-0.05, 0) is 48.9 Å². The van der Waals surface area contributed by atoms with Gasteiger partial charge < -0.3 is 24.8 Å². The zero-order valence-corrected chi connectivity index (χ0v) is 18.7. The van der Waals surface area contributed by atoms with E-state index in [-0.39, 0.29) is 16.2 Å². The minimum absolute atomic E-state index is 0.00773. The van der Waals surface area contributed by atoms with Crippen molar-refractivity contribution in [3.05, 3.63) is 65.4 Å². The van der Waals surface area contributed by atoms with Crippen molar-refractivity contribution in [2.75, 3.05) is 26.6 Å². The predicted molar refractivity (Wildman–Crippen MR) is 116 cm³/mol. The van der Waals surface area contributed by atoms with Crippen LogP contribution in [0.5, 0.6) is 11.5 Å². The lowest BCUT2D eigenvalue weighted by Crippen LogP contribution is -2.47. The van der Waals surface area contributed by atoms with Crippen molar-refractivity contribution in [2.45, 2.75) is 17.9 Å². The van der Waals surface area contributed by atoms with Crippen LogP contribution in [0.15, 0.2) is 64.7 Å². The third-order valence-corrected chi connectivity index (χ3v) is 6.50. The second-order valence-corrected chi connectivity index (χ2v) is 8.84. The molecule has 1 aliphatic heterocycles. The summed E-state index contributed by atoms with van der Waals surface area (Å²) in [6, 6.07) is 11.1. The van der Waals surface area contributed by atoms with Crippen LogP contribution < -0.4 is 20.1 Å². The maximum atomic E-state index is 13.0. The average Bonchev–Trinajstić information content (AvgIpc) is 2.78. The molecule has 0 aromatic heterocycles. The van der Waals surface area contributed by atoms with E-state index in [9.17, 15) is 18.0 Å². The molecule has 0 fully saturated rings. The lowest BCUT2D eigenvalue weighted by Gasteiger charge is -2.29. The van der Waals surface area contributed by atoms with Gasteiger partial charge in [0.05, 0.1) is 43.1 Å². The molecule has 0 aliphatic carbocycles. The van der Waals surface area contributed by atoms with Crippen molar-refractivity contribution in [2.24, 2.45) is 0 Å². The number of carbonyl (C=O) groups excluding carboxylic acids is 2. The molecule has 170 valence electrons. The van der Waals surface area contributed by atoms with Gasteiger partial charge in [0.1, 0.15) is 11.5 Å². The summed E-state index contributed by atoms with van der Waals surface area (Å²) in [5, 5.41) is 5.12. The maximum Gasteiger partial charge on any atom is 0.338 e. The third kappa shape index (κ3) is 5.02. The molecule has 2 aromatic carbocycles. The molecule has 2 aromatic rings. The second-order valence-electron chi connectivity index (χ2n) is 6.85. The number of sulfone groups is 1. The van der Waals surface area contributed by atoms with E-state index in [1.165, 1.54) is 38.5 Å². The lowest BCUT2D eigenvalue weighted by atomic mass is 9.95. The van der Waals surface area contributed by atoms with Crippen molar-refractivity contribution in [1.82, 2.24) is 10.6 Å². The largest absolute Gasteiger partial charge is 0.497 e. The molecular formula is C22H24N2O7S. The molecular weight excluding hydrogens is 436 g/mol. The van der Waals surface area contributed by atoms with Crippen LogP contribution in [0.3, 0.4) is 0 Å². The molecule has 2 amide bonds. The quantitative estimate of drug-likeness (QED) is 0.580. The van der Waals surface area contributed by atoms with Crippen LogP contribution >= 0.6 is 0 Å². The van der Waals surface area contributed by atoms with Crippen molar-refractivity contribution in [1.29, 1.82) is 0 Å². The van der Waals surface area contributed by atoms with Crippen LogP contribution in [0.1, 0.15) is 18.5 Å². The van der Waals surface area contributed by atoms with Gasteiger partial charge in [0.2, 0.25) is 0 Å². The minimum atomic E-state index is -3.89. The van der Waals surface area contributed by atoms with Crippen LogP contribution in [0.25, 0.3) is 0 Å². The first-order chi connectivity index (χ1) is 15.3. The molecule has 0 saturated heterocycles. The number of hydrogen-bond donors (Lipinski definition) is 2. The third-order valence-electron chi connectivity index (χ3n) is 4.84. The Hall–Kier alpha value is -3.53. The summed E-state index contributed by atoms with van der Waals surface area (Å²) < 4.78 is 41.4. The van der Waals surface area contributed by atoms with E-state index < -0.39 is 33.6 Å². The smallest absolute Gasteiger partial charge is 0.338 e.